The Morgan fingerprint density at radius 1 is 0.633 bits per heavy atom. The van der Waals surface area contributed by atoms with Gasteiger partial charge in [-0.25, -0.2) is 0 Å². The first kappa shape index (κ1) is 18.3. The number of rotatable bonds is 4. The highest BCUT2D eigenvalue weighted by atomic mass is 14.8. The van der Waals surface area contributed by atoms with E-state index in [1.54, 1.807) is 0 Å². The fourth-order valence-corrected chi connectivity index (χ4v) is 4.17. The van der Waals surface area contributed by atoms with Crippen molar-refractivity contribution in [1.82, 2.24) is 0 Å². The lowest BCUT2D eigenvalue weighted by Gasteiger charge is -2.12. The highest BCUT2D eigenvalue weighted by Crippen LogP contribution is 2.43. The summed E-state index contributed by atoms with van der Waals surface area (Å²) in [6.07, 6.45) is 3.22. The summed E-state index contributed by atoms with van der Waals surface area (Å²) in [7, 11) is 0. The van der Waals surface area contributed by atoms with Gasteiger partial charge in [0.25, 0.3) is 0 Å². The van der Waals surface area contributed by atoms with Crippen LogP contribution in [0.5, 0.6) is 0 Å². The third-order valence-electron chi connectivity index (χ3n) is 5.60. The van der Waals surface area contributed by atoms with Crippen LogP contribution in [0.2, 0.25) is 0 Å². The Morgan fingerprint density at radius 2 is 1.17 bits per heavy atom. The average Bonchev–Trinajstić information content (AvgIpc) is 3.16. The molecule has 0 amide bonds. The SMILES string of the molecule is C(=C1/CC(N=C(c2ccccc2)c2ccccc2)c2ccccc21)/c1ccccc1. The van der Waals surface area contributed by atoms with Gasteiger partial charge in [0.15, 0.2) is 0 Å². The van der Waals surface area contributed by atoms with E-state index in [0.29, 0.717) is 0 Å². The maximum absolute atomic E-state index is 5.33. The van der Waals surface area contributed by atoms with E-state index in [-0.39, 0.29) is 6.04 Å². The molecule has 1 aliphatic rings. The summed E-state index contributed by atoms with van der Waals surface area (Å²) in [6.45, 7) is 0. The Labute approximate surface area is 178 Å². The molecule has 0 heterocycles. The number of nitrogens with zero attached hydrogens (tertiary/aromatic N) is 1. The average molecular weight is 386 g/mol. The number of hydrogen-bond donors (Lipinski definition) is 0. The minimum Gasteiger partial charge on any atom is -0.276 e. The summed E-state index contributed by atoms with van der Waals surface area (Å²) >= 11 is 0. The largest absolute Gasteiger partial charge is 0.276 e. The van der Waals surface area contributed by atoms with Crippen LogP contribution in [0.25, 0.3) is 11.6 Å². The van der Waals surface area contributed by atoms with Crippen molar-refractivity contribution < 1.29 is 0 Å². The first-order valence-corrected chi connectivity index (χ1v) is 10.4. The van der Waals surface area contributed by atoms with E-state index >= 15 is 0 Å². The molecule has 0 bridgehead atoms. The zero-order chi connectivity index (χ0) is 20.2. The predicted molar refractivity (Wildman–Crippen MR) is 127 cm³/mol. The van der Waals surface area contributed by atoms with Gasteiger partial charge in [0.1, 0.15) is 0 Å². The van der Waals surface area contributed by atoms with Crippen molar-refractivity contribution in [1.29, 1.82) is 0 Å². The molecule has 1 aliphatic carbocycles. The molecule has 0 saturated heterocycles. The first-order chi connectivity index (χ1) is 14.9. The first-order valence-electron chi connectivity index (χ1n) is 10.4. The summed E-state index contributed by atoms with van der Waals surface area (Å²) in [5, 5.41) is 0. The summed E-state index contributed by atoms with van der Waals surface area (Å²) < 4.78 is 0. The van der Waals surface area contributed by atoms with Crippen LogP contribution in [0.3, 0.4) is 0 Å². The molecule has 0 saturated carbocycles. The molecule has 0 N–H and O–H groups in total. The van der Waals surface area contributed by atoms with Gasteiger partial charge >= 0.3 is 0 Å². The van der Waals surface area contributed by atoms with E-state index in [0.717, 1.165) is 23.3 Å². The lowest BCUT2D eigenvalue weighted by Crippen LogP contribution is -2.05. The van der Waals surface area contributed by atoms with Crippen LogP contribution in [0.4, 0.5) is 0 Å². The van der Waals surface area contributed by atoms with Crippen molar-refractivity contribution in [2.75, 3.05) is 0 Å². The molecule has 1 atom stereocenters. The zero-order valence-corrected chi connectivity index (χ0v) is 16.8. The highest BCUT2D eigenvalue weighted by molar-refractivity contribution is 6.13. The van der Waals surface area contributed by atoms with Gasteiger partial charge in [-0.15, -0.1) is 0 Å². The Bertz CT molecular complexity index is 1150. The van der Waals surface area contributed by atoms with E-state index in [2.05, 4.69) is 121 Å². The second-order valence-electron chi connectivity index (χ2n) is 7.60. The zero-order valence-electron chi connectivity index (χ0n) is 16.8. The molecule has 0 aliphatic heterocycles. The summed E-state index contributed by atoms with van der Waals surface area (Å²) in [5.74, 6) is 0. The molecule has 1 unspecified atom stereocenters. The van der Waals surface area contributed by atoms with Gasteiger partial charge in [-0.05, 0) is 28.7 Å². The molecule has 1 heteroatoms. The smallest absolute Gasteiger partial charge is 0.0803 e. The molecule has 5 rings (SSSR count). The van der Waals surface area contributed by atoms with Crippen LogP contribution in [-0.2, 0) is 0 Å². The molecule has 0 aromatic heterocycles. The molecule has 0 radical (unpaired) electrons. The molecule has 1 nitrogen and oxygen atoms in total. The summed E-state index contributed by atoms with van der Waals surface area (Å²) in [4.78, 5) is 5.33. The van der Waals surface area contributed by atoms with Crippen molar-refractivity contribution >= 4 is 17.4 Å². The minimum absolute atomic E-state index is 0.117. The highest BCUT2D eigenvalue weighted by Gasteiger charge is 2.26. The van der Waals surface area contributed by atoms with E-state index < -0.39 is 0 Å². The molecule has 4 aromatic rings. The van der Waals surface area contributed by atoms with Crippen molar-refractivity contribution in [3.63, 3.8) is 0 Å². The summed E-state index contributed by atoms with van der Waals surface area (Å²) in [5.41, 5.74) is 8.57. The second-order valence-corrected chi connectivity index (χ2v) is 7.60. The predicted octanol–water partition coefficient (Wildman–Crippen LogP) is 7.21. The van der Waals surface area contributed by atoms with Crippen LogP contribution < -0.4 is 0 Å². The van der Waals surface area contributed by atoms with Crippen LogP contribution in [-0.4, -0.2) is 5.71 Å². The molecule has 144 valence electrons. The molecule has 0 fully saturated rings. The van der Waals surface area contributed by atoms with Gasteiger partial charge in [0.05, 0.1) is 11.8 Å². The quantitative estimate of drug-likeness (QED) is 0.329. The van der Waals surface area contributed by atoms with Gasteiger partial charge in [0, 0.05) is 11.1 Å². The van der Waals surface area contributed by atoms with Crippen LogP contribution in [0.1, 0.15) is 40.3 Å². The Morgan fingerprint density at radius 3 is 1.80 bits per heavy atom. The van der Waals surface area contributed by atoms with Gasteiger partial charge in [-0.1, -0.05) is 121 Å². The number of benzene rings is 4. The normalized spacial score (nSPS) is 16.3. The van der Waals surface area contributed by atoms with Crippen molar-refractivity contribution in [2.24, 2.45) is 4.99 Å². The van der Waals surface area contributed by atoms with Crippen LogP contribution in [0, 0.1) is 0 Å². The Balaban J connectivity index is 1.60. The maximum atomic E-state index is 5.33. The minimum atomic E-state index is 0.117. The van der Waals surface area contributed by atoms with Gasteiger partial charge in [-0.2, -0.15) is 0 Å². The Kier molecular flexibility index (Phi) is 5.10. The standard InChI is InChI=1S/C29H23N/c1-4-12-22(13-5-1)20-25-21-28(27-19-11-10-18-26(25)27)30-29(23-14-6-2-7-15-23)24-16-8-3-9-17-24/h1-20,28H,21H2/b25-20+. The lowest BCUT2D eigenvalue weighted by molar-refractivity contribution is 0.786. The van der Waals surface area contributed by atoms with Crippen LogP contribution in [0.15, 0.2) is 120 Å². The fourth-order valence-electron chi connectivity index (χ4n) is 4.17. The van der Waals surface area contributed by atoms with E-state index in [9.17, 15) is 0 Å². The van der Waals surface area contributed by atoms with Crippen LogP contribution >= 0.6 is 0 Å². The number of fused-ring (bicyclic) bond motifs is 1. The monoisotopic (exact) mass is 385 g/mol. The van der Waals surface area contributed by atoms with E-state index in [1.807, 2.05) is 0 Å². The topological polar surface area (TPSA) is 12.4 Å². The molecular formula is C29H23N. The third-order valence-corrected chi connectivity index (χ3v) is 5.60. The van der Waals surface area contributed by atoms with E-state index in [1.165, 1.54) is 22.3 Å². The van der Waals surface area contributed by atoms with Crippen molar-refractivity contribution in [2.45, 2.75) is 12.5 Å². The fraction of sp³-hybridized carbons (Fsp3) is 0.0690. The lowest BCUT2D eigenvalue weighted by atomic mass is 10.0. The van der Waals surface area contributed by atoms with Gasteiger partial charge in [0.2, 0.25) is 0 Å². The number of aliphatic imine (C=N–C) groups is 1. The maximum Gasteiger partial charge on any atom is 0.0803 e. The molecule has 0 spiro atoms. The van der Waals surface area contributed by atoms with Gasteiger partial charge < -0.3 is 0 Å². The summed E-state index contributed by atoms with van der Waals surface area (Å²) in [6, 6.07) is 40.4. The molecular weight excluding hydrogens is 362 g/mol. The third kappa shape index (κ3) is 3.75. The molecule has 30 heavy (non-hydrogen) atoms. The second kappa shape index (κ2) is 8.34. The Hall–Kier alpha value is -3.71. The number of hydrogen-bond acceptors (Lipinski definition) is 1. The van der Waals surface area contributed by atoms with Gasteiger partial charge in [-0.3, -0.25) is 4.99 Å². The van der Waals surface area contributed by atoms with Crippen molar-refractivity contribution in [3.8, 4) is 0 Å². The van der Waals surface area contributed by atoms with Crippen molar-refractivity contribution in [3.05, 3.63) is 143 Å². The molecule has 4 aromatic carbocycles. The van der Waals surface area contributed by atoms with E-state index in [4.69, 9.17) is 4.99 Å².